The molecule has 0 atom stereocenters. The molecule has 1 N–H and O–H groups in total. The van der Waals surface area contributed by atoms with Crippen molar-refractivity contribution in [3.8, 4) is 0 Å². The Balaban J connectivity index is 2.43. The third-order valence-electron chi connectivity index (χ3n) is 2.71. The van der Waals surface area contributed by atoms with E-state index in [0.717, 1.165) is 0 Å². The first-order chi connectivity index (χ1) is 9.94. The number of ether oxygens (including phenoxy) is 1. The molecule has 1 aromatic heterocycles. The number of hydrogen-bond acceptors (Lipinski definition) is 5. The zero-order chi connectivity index (χ0) is 15.5. The van der Waals surface area contributed by atoms with Crippen molar-refractivity contribution in [2.75, 3.05) is 11.8 Å². The molecule has 21 heavy (non-hydrogen) atoms. The summed E-state index contributed by atoms with van der Waals surface area (Å²) in [6.07, 6.45) is 0. The van der Waals surface area contributed by atoms with E-state index in [1.54, 1.807) is 25.1 Å². The lowest BCUT2D eigenvalue weighted by atomic mass is 10.2. The highest BCUT2D eigenvalue weighted by molar-refractivity contribution is 7.92. The van der Waals surface area contributed by atoms with Crippen molar-refractivity contribution < 1.29 is 17.9 Å². The molecule has 0 bridgehead atoms. The number of carbonyl (C=O) groups is 1. The third kappa shape index (κ3) is 3.38. The van der Waals surface area contributed by atoms with Crippen molar-refractivity contribution in [2.45, 2.75) is 11.8 Å². The second kappa shape index (κ2) is 5.92. The molecule has 0 unspecified atom stereocenters. The Labute approximate surface area is 122 Å². The van der Waals surface area contributed by atoms with Crippen molar-refractivity contribution in [2.24, 2.45) is 0 Å². The van der Waals surface area contributed by atoms with Crippen LogP contribution in [-0.2, 0) is 14.8 Å². The average Bonchev–Trinajstić information content (AvgIpc) is 2.46. The largest absolute Gasteiger partial charge is 0.465 e. The number of aryl methyl sites for hydroxylation is 1. The van der Waals surface area contributed by atoms with E-state index in [1.807, 2.05) is 0 Å². The van der Waals surface area contributed by atoms with Crippen LogP contribution in [0.15, 0.2) is 47.4 Å². The lowest BCUT2D eigenvalue weighted by Gasteiger charge is -2.10. The van der Waals surface area contributed by atoms with E-state index in [-0.39, 0.29) is 16.3 Å². The summed E-state index contributed by atoms with van der Waals surface area (Å²) in [6.45, 7) is 1.75. The van der Waals surface area contributed by atoms with Crippen LogP contribution in [0.3, 0.4) is 0 Å². The molecule has 0 fully saturated rings. The quantitative estimate of drug-likeness (QED) is 0.873. The highest BCUT2D eigenvalue weighted by atomic mass is 32.2. The zero-order valence-electron chi connectivity index (χ0n) is 11.5. The van der Waals surface area contributed by atoms with E-state index in [4.69, 9.17) is 0 Å². The lowest BCUT2D eigenvalue weighted by Crippen LogP contribution is -2.18. The minimum Gasteiger partial charge on any atom is -0.465 e. The number of nitrogens with one attached hydrogen (secondary N) is 1. The number of nitrogens with zero attached hydrogens (tertiary/aromatic N) is 1. The number of benzene rings is 1. The van der Waals surface area contributed by atoms with Crippen LogP contribution in [0, 0.1) is 6.92 Å². The normalized spacial score (nSPS) is 11.0. The molecule has 1 aromatic carbocycles. The number of aromatic nitrogens is 1. The Morgan fingerprint density at radius 3 is 2.52 bits per heavy atom. The highest BCUT2D eigenvalue weighted by Gasteiger charge is 2.22. The number of esters is 1. The van der Waals surface area contributed by atoms with Gasteiger partial charge in [0.25, 0.3) is 10.0 Å². The second-order valence-electron chi connectivity index (χ2n) is 4.26. The minimum atomic E-state index is -3.93. The van der Waals surface area contributed by atoms with Crippen molar-refractivity contribution in [1.29, 1.82) is 0 Å². The fourth-order valence-corrected chi connectivity index (χ4v) is 2.97. The van der Waals surface area contributed by atoms with E-state index in [1.165, 1.54) is 31.4 Å². The molecule has 110 valence electrons. The fourth-order valence-electron chi connectivity index (χ4n) is 1.77. The topological polar surface area (TPSA) is 85.4 Å². The summed E-state index contributed by atoms with van der Waals surface area (Å²) in [5.74, 6) is -0.525. The third-order valence-corrected chi connectivity index (χ3v) is 4.12. The van der Waals surface area contributed by atoms with Crippen LogP contribution in [0.5, 0.6) is 0 Å². The number of sulfonamides is 1. The van der Waals surface area contributed by atoms with Crippen LogP contribution in [-0.4, -0.2) is 26.5 Å². The minimum absolute atomic E-state index is 0.0276. The molecule has 0 radical (unpaired) electrons. The summed E-state index contributed by atoms with van der Waals surface area (Å²) >= 11 is 0. The standard InChI is InChI=1S/C14H14N2O4S/c1-10-6-5-9-13(15-10)16-21(18,19)12-8-4-3-7-11(12)14(17)20-2/h3-9H,1-2H3,(H,15,16). The van der Waals surface area contributed by atoms with Gasteiger partial charge in [-0.1, -0.05) is 18.2 Å². The van der Waals surface area contributed by atoms with Gasteiger partial charge in [0.2, 0.25) is 0 Å². The van der Waals surface area contributed by atoms with E-state index >= 15 is 0 Å². The Kier molecular flexibility index (Phi) is 4.23. The maximum Gasteiger partial charge on any atom is 0.339 e. The Morgan fingerprint density at radius 1 is 1.14 bits per heavy atom. The smallest absolute Gasteiger partial charge is 0.339 e. The summed E-state index contributed by atoms with van der Waals surface area (Å²) in [7, 11) is -2.73. The summed E-state index contributed by atoms with van der Waals surface area (Å²) < 4.78 is 31.7. The second-order valence-corrected chi connectivity index (χ2v) is 5.91. The SMILES string of the molecule is COC(=O)c1ccccc1S(=O)(=O)Nc1cccc(C)n1. The maximum atomic E-state index is 12.4. The molecular formula is C14H14N2O4S. The van der Waals surface area contributed by atoms with Crippen LogP contribution < -0.4 is 4.72 Å². The highest BCUT2D eigenvalue weighted by Crippen LogP contribution is 2.19. The van der Waals surface area contributed by atoms with E-state index < -0.39 is 16.0 Å². The summed E-state index contributed by atoms with van der Waals surface area (Å²) in [5, 5.41) is 0. The predicted octanol–water partition coefficient (Wildman–Crippen LogP) is 1.98. The number of anilines is 1. The molecule has 0 saturated heterocycles. The molecule has 7 heteroatoms. The Morgan fingerprint density at radius 2 is 1.86 bits per heavy atom. The molecule has 6 nitrogen and oxygen atoms in total. The monoisotopic (exact) mass is 306 g/mol. The van der Waals surface area contributed by atoms with Gasteiger partial charge in [0, 0.05) is 5.69 Å². The van der Waals surface area contributed by atoms with Gasteiger partial charge in [0.1, 0.15) is 10.7 Å². The van der Waals surface area contributed by atoms with Gasteiger partial charge in [-0.25, -0.2) is 18.2 Å². The van der Waals surface area contributed by atoms with E-state index in [9.17, 15) is 13.2 Å². The van der Waals surface area contributed by atoms with Gasteiger partial charge < -0.3 is 4.74 Å². The first-order valence-electron chi connectivity index (χ1n) is 6.08. The molecule has 0 saturated carbocycles. The maximum absolute atomic E-state index is 12.4. The van der Waals surface area contributed by atoms with Gasteiger partial charge in [0.05, 0.1) is 12.7 Å². The summed E-state index contributed by atoms with van der Waals surface area (Å²) in [4.78, 5) is 15.6. The molecule has 2 aromatic rings. The van der Waals surface area contributed by atoms with E-state index in [0.29, 0.717) is 5.69 Å². The van der Waals surface area contributed by atoms with Crippen LogP contribution in [0.4, 0.5) is 5.82 Å². The van der Waals surface area contributed by atoms with Crippen LogP contribution in [0.2, 0.25) is 0 Å². The van der Waals surface area contributed by atoms with Crippen molar-refractivity contribution in [3.63, 3.8) is 0 Å². The fraction of sp³-hybridized carbons (Fsp3) is 0.143. The first kappa shape index (κ1) is 15.0. The zero-order valence-corrected chi connectivity index (χ0v) is 12.3. The number of hydrogen-bond donors (Lipinski definition) is 1. The van der Waals surface area contributed by atoms with Gasteiger partial charge >= 0.3 is 5.97 Å². The van der Waals surface area contributed by atoms with Gasteiger partial charge in [0.15, 0.2) is 0 Å². The van der Waals surface area contributed by atoms with E-state index in [2.05, 4.69) is 14.4 Å². The molecule has 0 aliphatic rings. The number of methoxy groups -OCH3 is 1. The Hall–Kier alpha value is -2.41. The van der Waals surface area contributed by atoms with Gasteiger partial charge in [-0.15, -0.1) is 0 Å². The Bertz CT molecular complexity index is 772. The number of rotatable bonds is 4. The first-order valence-corrected chi connectivity index (χ1v) is 7.56. The van der Waals surface area contributed by atoms with Crippen molar-refractivity contribution in [3.05, 3.63) is 53.7 Å². The molecule has 1 heterocycles. The number of carbonyl (C=O) groups excluding carboxylic acids is 1. The predicted molar refractivity (Wildman–Crippen MR) is 77.6 cm³/mol. The molecule has 0 amide bonds. The lowest BCUT2D eigenvalue weighted by molar-refractivity contribution is 0.0596. The van der Waals surface area contributed by atoms with Crippen molar-refractivity contribution >= 4 is 21.8 Å². The average molecular weight is 306 g/mol. The van der Waals surface area contributed by atoms with Crippen LogP contribution in [0.1, 0.15) is 16.1 Å². The molecule has 0 aliphatic heterocycles. The van der Waals surface area contributed by atoms with Crippen LogP contribution >= 0.6 is 0 Å². The molecule has 0 aliphatic carbocycles. The summed E-state index contributed by atoms with van der Waals surface area (Å²) in [6, 6.07) is 10.8. The van der Waals surface area contributed by atoms with Gasteiger partial charge in [-0.05, 0) is 31.2 Å². The van der Waals surface area contributed by atoms with Crippen molar-refractivity contribution in [1.82, 2.24) is 4.98 Å². The molecular weight excluding hydrogens is 292 g/mol. The van der Waals surface area contributed by atoms with Crippen LogP contribution in [0.25, 0.3) is 0 Å². The van der Waals surface area contributed by atoms with Gasteiger partial charge in [-0.3, -0.25) is 4.72 Å². The van der Waals surface area contributed by atoms with Gasteiger partial charge in [-0.2, -0.15) is 0 Å². The molecule has 0 spiro atoms. The summed E-state index contributed by atoms with van der Waals surface area (Å²) in [5.41, 5.74) is 0.650. The molecule has 2 rings (SSSR count). The number of pyridine rings is 1.